The summed E-state index contributed by atoms with van der Waals surface area (Å²) in [5.41, 5.74) is 0.958. The fraction of sp³-hybridized carbons (Fsp3) is 0.381. The van der Waals surface area contributed by atoms with E-state index in [2.05, 4.69) is 5.32 Å². The van der Waals surface area contributed by atoms with Crippen LogP contribution < -0.4 is 19.5 Å². The van der Waals surface area contributed by atoms with Crippen LogP contribution in [0, 0.1) is 0 Å². The Labute approximate surface area is 159 Å². The zero-order chi connectivity index (χ0) is 18.9. The van der Waals surface area contributed by atoms with Crippen molar-refractivity contribution < 1.29 is 23.7 Å². The standard InChI is InChI=1S/C21H25NO5/c1-16(17-8-9-19-20(14-17)27-11-5-10-26-19)22-21(23)15-24-12-13-25-18-6-3-2-4-7-18/h2-4,6-9,14,16H,5,10-13,15H2,1H3,(H,22,23). The summed E-state index contributed by atoms with van der Waals surface area (Å²) >= 11 is 0. The number of hydrogen-bond acceptors (Lipinski definition) is 5. The van der Waals surface area contributed by atoms with E-state index in [4.69, 9.17) is 18.9 Å². The van der Waals surface area contributed by atoms with Crippen LogP contribution in [0.25, 0.3) is 0 Å². The van der Waals surface area contributed by atoms with Crippen molar-refractivity contribution >= 4 is 5.91 Å². The van der Waals surface area contributed by atoms with Gasteiger partial charge in [0.1, 0.15) is 19.0 Å². The third kappa shape index (κ3) is 5.89. The van der Waals surface area contributed by atoms with Crippen LogP contribution in [0.5, 0.6) is 17.2 Å². The quantitative estimate of drug-likeness (QED) is 0.722. The van der Waals surface area contributed by atoms with Crippen LogP contribution in [0.15, 0.2) is 48.5 Å². The van der Waals surface area contributed by atoms with Crippen LogP contribution in [0.1, 0.15) is 24.9 Å². The average Bonchev–Trinajstić information content (AvgIpc) is 2.93. The van der Waals surface area contributed by atoms with E-state index in [1.165, 1.54) is 0 Å². The average molecular weight is 371 g/mol. The van der Waals surface area contributed by atoms with E-state index < -0.39 is 0 Å². The number of ether oxygens (including phenoxy) is 4. The SMILES string of the molecule is CC(NC(=O)COCCOc1ccccc1)c1ccc2c(c1)OCCCO2. The summed E-state index contributed by atoms with van der Waals surface area (Å²) < 4.78 is 22.2. The topological polar surface area (TPSA) is 66.0 Å². The zero-order valence-electron chi connectivity index (χ0n) is 15.5. The maximum Gasteiger partial charge on any atom is 0.246 e. The summed E-state index contributed by atoms with van der Waals surface area (Å²) in [5, 5.41) is 2.93. The number of para-hydroxylation sites is 1. The van der Waals surface area contributed by atoms with E-state index in [-0.39, 0.29) is 18.6 Å². The van der Waals surface area contributed by atoms with Crippen molar-refractivity contribution in [3.8, 4) is 17.2 Å². The molecule has 1 amide bonds. The second-order valence-corrected chi connectivity index (χ2v) is 6.26. The molecule has 6 nitrogen and oxygen atoms in total. The molecule has 0 saturated carbocycles. The Kier molecular flexibility index (Phi) is 6.93. The molecule has 1 heterocycles. The third-order valence-electron chi connectivity index (χ3n) is 4.12. The minimum absolute atomic E-state index is 0.00690. The van der Waals surface area contributed by atoms with Gasteiger partial charge in [0.05, 0.1) is 25.9 Å². The van der Waals surface area contributed by atoms with Gasteiger partial charge >= 0.3 is 0 Å². The summed E-state index contributed by atoms with van der Waals surface area (Å²) in [7, 11) is 0. The van der Waals surface area contributed by atoms with Crippen molar-refractivity contribution in [2.75, 3.05) is 33.0 Å². The molecule has 0 bridgehead atoms. The van der Waals surface area contributed by atoms with Crippen LogP contribution in [0.4, 0.5) is 0 Å². The highest BCUT2D eigenvalue weighted by Crippen LogP contribution is 2.32. The molecule has 0 radical (unpaired) electrons. The summed E-state index contributed by atoms with van der Waals surface area (Å²) in [6.07, 6.45) is 0.863. The Balaban J connectivity index is 1.39. The van der Waals surface area contributed by atoms with Gasteiger partial charge < -0.3 is 24.3 Å². The first-order valence-electron chi connectivity index (χ1n) is 9.17. The first-order valence-corrected chi connectivity index (χ1v) is 9.17. The lowest BCUT2D eigenvalue weighted by atomic mass is 10.1. The third-order valence-corrected chi connectivity index (χ3v) is 4.12. The number of hydrogen-bond donors (Lipinski definition) is 1. The number of fused-ring (bicyclic) bond motifs is 1. The molecule has 1 aliphatic heterocycles. The van der Waals surface area contributed by atoms with Crippen molar-refractivity contribution in [1.29, 1.82) is 0 Å². The first kappa shape index (κ1) is 19.0. The fourth-order valence-corrected chi connectivity index (χ4v) is 2.72. The van der Waals surface area contributed by atoms with Crippen LogP contribution in [-0.4, -0.2) is 38.9 Å². The molecule has 1 atom stereocenters. The molecule has 3 rings (SSSR count). The number of rotatable bonds is 8. The van der Waals surface area contributed by atoms with E-state index in [0.717, 1.165) is 29.2 Å². The lowest BCUT2D eigenvalue weighted by Crippen LogP contribution is -2.30. The normalized spacial score (nSPS) is 14.1. The van der Waals surface area contributed by atoms with Crippen molar-refractivity contribution in [3.63, 3.8) is 0 Å². The molecule has 0 aliphatic carbocycles. The Morgan fingerprint density at radius 1 is 1.07 bits per heavy atom. The fourth-order valence-electron chi connectivity index (χ4n) is 2.72. The first-order chi connectivity index (χ1) is 13.2. The maximum atomic E-state index is 12.1. The van der Waals surface area contributed by atoms with Crippen LogP contribution in [-0.2, 0) is 9.53 Å². The maximum absolute atomic E-state index is 12.1. The zero-order valence-corrected chi connectivity index (χ0v) is 15.5. The number of amides is 1. The second-order valence-electron chi connectivity index (χ2n) is 6.26. The molecule has 1 aliphatic rings. The van der Waals surface area contributed by atoms with E-state index in [9.17, 15) is 4.79 Å². The molecule has 0 aromatic heterocycles. The predicted octanol–water partition coefficient (Wildman–Crippen LogP) is 3.12. The van der Waals surface area contributed by atoms with Gasteiger partial charge in [-0.2, -0.15) is 0 Å². The van der Waals surface area contributed by atoms with Crippen molar-refractivity contribution in [1.82, 2.24) is 5.32 Å². The van der Waals surface area contributed by atoms with E-state index >= 15 is 0 Å². The molecule has 27 heavy (non-hydrogen) atoms. The van der Waals surface area contributed by atoms with Gasteiger partial charge in [-0.05, 0) is 36.8 Å². The monoisotopic (exact) mass is 371 g/mol. The van der Waals surface area contributed by atoms with Gasteiger partial charge in [0.25, 0.3) is 0 Å². The molecule has 6 heteroatoms. The molecule has 144 valence electrons. The molecule has 0 saturated heterocycles. The lowest BCUT2D eigenvalue weighted by molar-refractivity contribution is -0.126. The van der Waals surface area contributed by atoms with Gasteiger partial charge in [0.2, 0.25) is 5.91 Å². The Hall–Kier alpha value is -2.73. The number of benzene rings is 2. The van der Waals surface area contributed by atoms with Crippen LogP contribution >= 0.6 is 0 Å². The van der Waals surface area contributed by atoms with Gasteiger partial charge in [0.15, 0.2) is 11.5 Å². The minimum Gasteiger partial charge on any atom is -0.491 e. The summed E-state index contributed by atoms with van der Waals surface area (Å²) in [5.74, 6) is 2.08. The lowest BCUT2D eigenvalue weighted by Gasteiger charge is -2.16. The van der Waals surface area contributed by atoms with Gasteiger partial charge in [-0.3, -0.25) is 4.79 Å². The number of carbonyl (C=O) groups is 1. The highest BCUT2D eigenvalue weighted by atomic mass is 16.5. The summed E-state index contributed by atoms with van der Waals surface area (Å²) in [6.45, 7) is 3.96. The highest BCUT2D eigenvalue weighted by molar-refractivity contribution is 5.77. The largest absolute Gasteiger partial charge is 0.491 e. The van der Waals surface area contributed by atoms with E-state index in [0.29, 0.717) is 26.4 Å². The van der Waals surface area contributed by atoms with Crippen LogP contribution in [0.3, 0.4) is 0 Å². The number of carbonyl (C=O) groups excluding carboxylic acids is 1. The predicted molar refractivity (Wildman–Crippen MR) is 101 cm³/mol. The summed E-state index contributed by atoms with van der Waals surface area (Å²) in [6, 6.07) is 15.1. The van der Waals surface area contributed by atoms with Crippen LogP contribution in [0.2, 0.25) is 0 Å². The molecule has 0 fully saturated rings. The smallest absolute Gasteiger partial charge is 0.246 e. The molecular weight excluding hydrogens is 346 g/mol. The van der Waals surface area contributed by atoms with Crippen molar-refractivity contribution in [2.24, 2.45) is 0 Å². The van der Waals surface area contributed by atoms with Gasteiger partial charge in [-0.15, -0.1) is 0 Å². The molecule has 1 unspecified atom stereocenters. The summed E-state index contributed by atoms with van der Waals surface area (Å²) in [4.78, 5) is 12.1. The molecule has 0 spiro atoms. The van der Waals surface area contributed by atoms with E-state index in [1.54, 1.807) is 0 Å². The molecule has 2 aromatic carbocycles. The van der Waals surface area contributed by atoms with Crippen molar-refractivity contribution in [3.05, 3.63) is 54.1 Å². The minimum atomic E-state index is -0.172. The Morgan fingerprint density at radius 3 is 2.67 bits per heavy atom. The van der Waals surface area contributed by atoms with Crippen molar-refractivity contribution in [2.45, 2.75) is 19.4 Å². The second kappa shape index (κ2) is 9.83. The van der Waals surface area contributed by atoms with Gasteiger partial charge in [0, 0.05) is 6.42 Å². The molecular formula is C21H25NO5. The van der Waals surface area contributed by atoms with E-state index in [1.807, 2.05) is 55.5 Å². The van der Waals surface area contributed by atoms with Gasteiger partial charge in [-0.25, -0.2) is 0 Å². The number of nitrogens with one attached hydrogen (secondary N) is 1. The molecule has 1 N–H and O–H groups in total. The highest BCUT2D eigenvalue weighted by Gasteiger charge is 2.15. The molecule has 2 aromatic rings. The Bertz CT molecular complexity index is 735. The Morgan fingerprint density at radius 2 is 1.85 bits per heavy atom. The van der Waals surface area contributed by atoms with Gasteiger partial charge in [-0.1, -0.05) is 24.3 Å².